The van der Waals surface area contributed by atoms with Crippen molar-refractivity contribution in [1.29, 1.82) is 0 Å². The van der Waals surface area contributed by atoms with Gasteiger partial charge < -0.3 is 9.84 Å². The lowest BCUT2D eigenvalue weighted by atomic mass is 9.91. The predicted octanol–water partition coefficient (Wildman–Crippen LogP) is 3.83. The molecule has 1 rings (SSSR count). The molecular formula is C16H22O3. The van der Waals surface area contributed by atoms with Crippen LogP contribution in [-0.4, -0.2) is 18.2 Å². The smallest absolute Gasteiger partial charge is 0.330 e. The van der Waals surface area contributed by atoms with Crippen LogP contribution in [0.2, 0.25) is 0 Å². The molecule has 3 nitrogen and oxygen atoms in total. The van der Waals surface area contributed by atoms with Gasteiger partial charge in [-0.3, -0.25) is 0 Å². The van der Waals surface area contributed by atoms with Gasteiger partial charge in [-0.05, 0) is 46.7 Å². The third-order valence-corrected chi connectivity index (χ3v) is 3.05. The van der Waals surface area contributed by atoms with Gasteiger partial charge in [-0.1, -0.05) is 27.7 Å². The summed E-state index contributed by atoms with van der Waals surface area (Å²) in [5.74, 6) is 0.429. The van der Waals surface area contributed by atoms with E-state index in [1.165, 1.54) is 13.2 Å². The Kier molecular flexibility index (Phi) is 5.16. The Labute approximate surface area is 114 Å². The van der Waals surface area contributed by atoms with Crippen LogP contribution in [0.4, 0.5) is 0 Å². The van der Waals surface area contributed by atoms with Gasteiger partial charge in [0, 0.05) is 6.08 Å². The molecule has 0 amide bonds. The molecular weight excluding hydrogens is 240 g/mol. The van der Waals surface area contributed by atoms with Crippen LogP contribution in [0.5, 0.6) is 5.75 Å². The van der Waals surface area contributed by atoms with Crippen LogP contribution in [-0.2, 0) is 9.53 Å². The van der Waals surface area contributed by atoms with E-state index in [1.807, 2.05) is 39.8 Å². The maximum atomic E-state index is 11.1. The summed E-state index contributed by atoms with van der Waals surface area (Å²) in [6.45, 7) is 8.14. The molecule has 0 heterocycles. The van der Waals surface area contributed by atoms with Gasteiger partial charge in [0.05, 0.1) is 7.11 Å². The van der Waals surface area contributed by atoms with Crippen molar-refractivity contribution < 1.29 is 14.6 Å². The Bertz CT molecular complexity index is 456. The standard InChI is InChI=1S/C16H22O3/c1-10(2)13-8-12(6-7-15(17)19-5)9-14(11(3)4)16(13)18/h6-11,18H,1-5H3. The first-order valence-electron chi connectivity index (χ1n) is 6.49. The molecule has 0 aliphatic heterocycles. The molecule has 1 aromatic rings. The third-order valence-electron chi connectivity index (χ3n) is 3.05. The number of hydrogen-bond donors (Lipinski definition) is 1. The highest BCUT2D eigenvalue weighted by molar-refractivity contribution is 5.87. The van der Waals surface area contributed by atoms with Gasteiger partial charge in [0.2, 0.25) is 0 Å². The van der Waals surface area contributed by atoms with E-state index >= 15 is 0 Å². The average Bonchev–Trinajstić information content (AvgIpc) is 2.36. The van der Waals surface area contributed by atoms with Gasteiger partial charge in [0.15, 0.2) is 0 Å². The Morgan fingerprint density at radius 2 is 1.63 bits per heavy atom. The minimum Gasteiger partial charge on any atom is -0.507 e. The lowest BCUT2D eigenvalue weighted by Crippen LogP contribution is -1.97. The normalized spacial score (nSPS) is 11.5. The molecule has 0 radical (unpaired) electrons. The van der Waals surface area contributed by atoms with Crippen molar-refractivity contribution in [3.8, 4) is 5.75 Å². The number of hydrogen-bond acceptors (Lipinski definition) is 3. The van der Waals surface area contributed by atoms with E-state index in [4.69, 9.17) is 0 Å². The van der Waals surface area contributed by atoms with Crippen molar-refractivity contribution in [2.45, 2.75) is 39.5 Å². The predicted molar refractivity (Wildman–Crippen MR) is 77.3 cm³/mol. The molecule has 1 aromatic carbocycles. The molecule has 0 spiro atoms. The minimum atomic E-state index is -0.384. The molecule has 0 aromatic heterocycles. The van der Waals surface area contributed by atoms with Gasteiger partial charge in [0.1, 0.15) is 5.75 Å². The van der Waals surface area contributed by atoms with E-state index in [0.29, 0.717) is 5.75 Å². The number of esters is 1. The maximum Gasteiger partial charge on any atom is 0.330 e. The summed E-state index contributed by atoms with van der Waals surface area (Å²) in [5.41, 5.74) is 2.70. The average molecular weight is 262 g/mol. The first-order valence-corrected chi connectivity index (χ1v) is 6.49. The van der Waals surface area contributed by atoms with E-state index in [1.54, 1.807) is 6.08 Å². The van der Waals surface area contributed by atoms with Crippen molar-refractivity contribution in [1.82, 2.24) is 0 Å². The zero-order chi connectivity index (χ0) is 14.6. The number of aromatic hydroxyl groups is 1. The van der Waals surface area contributed by atoms with Crippen molar-refractivity contribution in [2.75, 3.05) is 7.11 Å². The SMILES string of the molecule is COC(=O)C=Cc1cc(C(C)C)c(O)c(C(C)C)c1. The summed E-state index contributed by atoms with van der Waals surface area (Å²) in [4.78, 5) is 11.1. The Hall–Kier alpha value is -1.77. The number of carbonyl (C=O) groups is 1. The number of ether oxygens (including phenoxy) is 1. The summed E-state index contributed by atoms with van der Waals surface area (Å²) in [6.07, 6.45) is 3.10. The number of phenols is 1. The maximum absolute atomic E-state index is 11.1. The molecule has 0 saturated carbocycles. The van der Waals surface area contributed by atoms with Crippen molar-refractivity contribution in [3.05, 3.63) is 34.9 Å². The second-order valence-electron chi connectivity index (χ2n) is 5.21. The van der Waals surface area contributed by atoms with Crippen molar-refractivity contribution in [2.24, 2.45) is 0 Å². The van der Waals surface area contributed by atoms with E-state index in [-0.39, 0.29) is 17.8 Å². The first-order chi connectivity index (χ1) is 8.86. The number of benzene rings is 1. The van der Waals surface area contributed by atoms with E-state index in [2.05, 4.69) is 4.74 Å². The topological polar surface area (TPSA) is 46.5 Å². The molecule has 0 bridgehead atoms. The number of phenolic OH excluding ortho intramolecular Hbond substituents is 1. The number of methoxy groups -OCH3 is 1. The first kappa shape index (κ1) is 15.3. The molecule has 0 unspecified atom stereocenters. The Morgan fingerprint density at radius 1 is 1.16 bits per heavy atom. The van der Waals surface area contributed by atoms with Crippen LogP contribution in [0.1, 0.15) is 56.2 Å². The fourth-order valence-corrected chi connectivity index (χ4v) is 1.91. The highest BCUT2D eigenvalue weighted by Gasteiger charge is 2.14. The van der Waals surface area contributed by atoms with Crippen LogP contribution in [0.15, 0.2) is 18.2 Å². The second-order valence-corrected chi connectivity index (χ2v) is 5.21. The highest BCUT2D eigenvalue weighted by Crippen LogP contribution is 2.35. The zero-order valence-electron chi connectivity index (χ0n) is 12.2. The summed E-state index contributed by atoms with van der Waals surface area (Å²) < 4.78 is 4.58. The van der Waals surface area contributed by atoms with Gasteiger partial charge in [-0.25, -0.2) is 4.79 Å². The largest absolute Gasteiger partial charge is 0.507 e. The molecule has 19 heavy (non-hydrogen) atoms. The van der Waals surface area contributed by atoms with Crippen LogP contribution in [0, 0.1) is 0 Å². The summed E-state index contributed by atoms with van der Waals surface area (Å²) in [7, 11) is 1.35. The molecule has 0 aliphatic carbocycles. The number of rotatable bonds is 4. The Morgan fingerprint density at radius 3 is 2.00 bits per heavy atom. The van der Waals surface area contributed by atoms with Crippen LogP contribution in [0.25, 0.3) is 6.08 Å². The van der Waals surface area contributed by atoms with E-state index in [0.717, 1.165) is 16.7 Å². The van der Waals surface area contributed by atoms with Crippen molar-refractivity contribution in [3.63, 3.8) is 0 Å². The fourth-order valence-electron chi connectivity index (χ4n) is 1.91. The van der Waals surface area contributed by atoms with E-state index in [9.17, 15) is 9.90 Å². The van der Waals surface area contributed by atoms with Gasteiger partial charge in [-0.15, -0.1) is 0 Å². The molecule has 104 valence electrons. The summed E-state index contributed by atoms with van der Waals surface area (Å²) >= 11 is 0. The van der Waals surface area contributed by atoms with Gasteiger partial charge in [0.25, 0.3) is 0 Å². The zero-order valence-corrected chi connectivity index (χ0v) is 12.2. The molecule has 0 aliphatic rings. The summed E-state index contributed by atoms with van der Waals surface area (Å²) in [5, 5.41) is 10.3. The third kappa shape index (κ3) is 3.85. The fraction of sp³-hybridized carbons (Fsp3) is 0.438. The molecule has 0 saturated heterocycles. The monoisotopic (exact) mass is 262 g/mol. The quantitative estimate of drug-likeness (QED) is 0.662. The van der Waals surface area contributed by atoms with E-state index < -0.39 is 0 Å². The molecule has 1 N–H and O–H groups in total. The molecule has 0 atom stereocenters. The van der Waals surface area contributed by atoms with Gasteiger partial charge >= 0.3 is 5.97 Å². The van der Waals surface area contributed by atoms with Crippen LogP contribution in [0.3, 0.4) is 0 Å². The lowest BCUT2D eigenvalue weighted by molar-refractivity contribution is -0.134. The van der Waals surface area contributed by atoms with Crippen LogP contribution < -0.4 is 0 Å². The molecule has 3 heteroatoms. The van der Waals surface area contributed by atoms with Crippen molar-refractivity contribution >= 4 is 12.0 Å². The molecule has 0 fully saturated rings. The number of carbonyl (C=O) groups excluding carboxylic acids is 1. The van der Waals surface area contributed by atoms with Crippen LogP contribution >= 0.6 is 0 Å². The second kappa shape index (κ2) is 6.41. The summed E-state index contributed by atoms with van der Waals surface area (Å²) in [6, 6.07) is 3.82. The Balaban J connectivity index is 3.27. The van der Waals surface area contributed by atoms with Gasteiger partial charge in [-0.2, -0.15) is 0 Å². The minimum absolute atomic E-state index is 0.226. The highest BCUT2D eigenvalue weighted by atomic mass is 16.5. The lowest BCUT2D eigenvalue weighted by Gasteiger charge is -2.16.